The van der Waals surface area contributed by atoms with E-state index in [2.05, 4.69) is 4.98 Å². The quantitative estimate of drug-likeness (QED) is 0.743. The van der Waals surface area contributed by atoms with Crippen LogP contribution in [-0.4, -0.2) is 51.9 Å². The van der Waals surface area contributed by atoms with Gasteiger partial charge in [0.1, 0.15) is 0 Å². The van der Waals surface area contributed by atoms with Crippen LogP contribution in [0.15, 0.2) is 36.5 Å². The Kier molecular flexibility index (Phi) is 6.25. The Morgan fingerprint density at radius 3 is 2.59 bits per heavy atom. The molecule has 7 nitrogen and oxygen atoms in total. The molecule has 1 saturated heterocycles. The van der Waals surface area contributed by atoms with E-state index in [9.17, 15) is 14.7 Å². The first-order valence-corrected chi connectivity index (χ1v) is 11.2. The summed E-state index contributed by atoms with van der Waals surface area (Å²) in [5.41, 5.74) is 1.61. The molecule has 1 aromatic carbocycles. The Balaban J connectivity index is 1.57. The van der Waals surface area contributed by atoms with Crippen LogP contribution in [0.4, 0.5) is 0 Å². The first-order valence-electron chi connectivity index (χ1n) is 10.8. The lowest BCUT2D eigenvalue weighted by Crippen LogP contribution is -2.43. The van der Waals surface area contributed by atoms with E-state index in [1.54, 1.807) is 50.3 Å². The molecule has 0 radical (unpaired) electrons. The van der Waals surface area contributed by atoms with Crippen LogP contribution in [0.2, 0.25) is 5.02 Å². The zero-order valence-electron chi connectivity index (χ0n) is 18.5. The van der Waals surface area contributed by atoms with E-state index in [1.807, 2.05) is 17.0 Å². The summed E-state index contributed by atoms with van der Waals surface area (Å²) in [6.45, 7) is 4.92. The van der Waals surface area contributed by atoms with Gasteiger partial charge in [-0.25, -0.2) is 0 Å². The zero-order valence-corrected chi connectivity index (χ0v) is 19.3. The highest BCUT2D eigenvalue weighted by atomic mass is 35.5. The average molecular weight is 458 g/mol. The van der Waals surface area contributed by atoms with E-state index in [1.165, 1.54) is 0 Å². The maximum Gasteiger partial charge on any atom is 0.256 e. The number of nitrogens with zero attached hydrogens (tertiary/aromatic N) is 3. The molecule has 4 rings (SSSR count). The summed E-state index contributed by atoms with van der Waals surface area (Å²) in [4.78, 5) is 32.6. The molecule has 0 spiro atoms. The van der Waals surface area contributed by atoms with Crippen molar-refractivity contribution < 1.29 is 19.4 Å². The Labute approximate surface area is 192 Å². The number of hydrogen-bond donors (Lipinski definition) is 1. The lowest BCUT2D eigenvalue weighted by Gasteiger charge is -2.39. The van der Waals surface area contributed by atoms with Crippen molar-refractivity contribution in [1.82, 2.24) is 14.8 Å². The number of fused-ring (bicyclic) bond motifs is 1. The lowest BCUT2D eigenvalue weighted by atomic mass is 9.77. The van der Waals surface area contributed by atoms with E-state index in [4.69, 9.17) is 16.3 Å². The van der Waals surface area contributed by atoms with Crippen LogP contribution in [0, 0.1) is 5.92 Å². The number of pyridine rings is 1. The van der Waals surface area contributed by atoms with Gasteiger partial charge in [-0.15, -0.1) is 0 Å². The van der Waals surface area contributed by atoms with E-state index >= 15 is 0 Å². The third-order valence-corrected chi connectivity index (χ3v) is 6.98. The minimum absolute atomic E-state index is 0.000229. The van der Waals surface area contributed by atoms with Gasteiger partial charge in [0.15, 0.2) is 6.23 Å². The number of carbonyl (C=O) groups excluding carboxylic acids is 2. The fourth-order valence-electron chi connectivity index (χ4n) is 4.78. The molecule has 2 aromatic rings. The minimum Gasteiger partial charge on any atom is -0.385 e. The predicted octanol–water partition coefficient (Wildman–Crippen LogP) is 3.50. The van der Waals surface area contributed by atoms with Gasteiger partial charge in [-0.2, -0.15) is 0 Å². The van der Waals surface area contributed by atoms with E-state index < -0.39 is 11.8 Å². The number of ether oxygens (including phenoxy) is 1. The second kappa shape index (κ2) is 8.81. The molecular formula is C24H28ClN3O4. The van der Waals surface area contributed by atoms with Gasteiger partial charge in [0.25, 0.3) is 5.91 Å². The van der Waals surface area contributed by atoms with Crippen LogP contribution in [0.1, 0.15) is 60.1 Å². The van der Waals surface area contributed by atoms with Crippen molar-refractivity contribution >= 4 is 23.4 Å². The second-order valence-corrected chi connectivity index (χ2v) is 9.16. The van der Waals surface area contributed by atoms with Crippen molar-refractivity contribution in [2.45, 2.75) is 45.1 Å². The number of amides is 2. The smallest absolute Gasteiger partial charge is 0.256 e. The molecule has 8 heteroatoms. The number of rotatable bonds is 5. The van der Waals surface area contributed by atoms with Gasteiger partial charge in [-0.05, 0) is 49.4 Å². The number of halogens is 1. The van der Waals surface area contributed by atoms with Gasteiger partial charge in [-0.1, -0.05) is 23.7 Å². The first-order chi connectivity index (χ1) is 15.2. The first kappa shape index (κ1) is 22.7. The van der Waals surface area contributed by atoms with Crippen LogP contribution >= 0.6 is 11.6 Å². The molecule has 2 aliphatic heterocycles. The Hall–Kier alpha value is -2.48. The van der Waals surface area contributed by atoms with Crippen LogP contribution in [0.3, 0.4) is 0 Å². The minimum atomic E-state index is -1.11. The van der Waals surface area contributed by atoms with E-state index in [-0.39, 0.29) is 17.7 Å². The number of methoxy groups -OCH3 is 1. The van der Waals surface area contributed by atoms with Crippen molar-refractivity contribution in [3.05, 3.63) is 63.9 Å². The molecule has 0 saturated carbocycles. The van der Waals surface area contributed by atoms with Gasteiger partial charge < -0.3 is 19.6 Å². The highest BCUT2D eigenvalue weighted by Gasteiger charge is 2.41. The highest BCUT2D eigenvalue weighted by Crippen LogP contribution is 2.41. The molecule has 1 N–H and O–H groups in total. The van der Waals surface area contributed by atoms with Gasteiger partial charge in [0.05, 0.1) is 22.9 Å². The maximum absolute atomic E-state index is 13.3. The van der Waals surface area contributed by atoms with Crippen LogP contribution in [-0.2, 0) is 21.7 Å². The Morgan fingerprint density at radius 1 is 1.28 bits per heavy atom. The summed E-state index contributed by atoms with van der Waals surface area (Å²) in [6.07, 6.45) is 2.46. The van der Waals surface area contributed by atoms with Crippen molar-refractivity contribution in [2.24, 2.45) is 5.92 Å². The molecule has 32 heavy (non-hydrogen) atoms. The molecule has 2 atom stereocenters. The molecule has 2 unspecified atom stereocenters. The molecule has 0 bridgehead atoms. The van der Waals surface area contributed by atoms with Gasteiger partial charge in [-0.3, -0.25) is 14.6 Å². The number of aliphatic hydroxyl groups is 1. The SMILES string of the molecule is COC1c2ccc(C(C)(O)C3CCN(C(C)=O)CC3)cc2C(=O)N1Cc1ccc(Cl)cn1. The number of hydrogen-bond acceptors (Lipinski definition) is 5. The molecule has 2 amide bonds. The van der Waals surface area contributed by atoms with Crippen LogP contribution < -0.4 is 0 Å². The fourth-order valence-corrected chi connectivity index (χ4v) is 4.89. The van der Waals surface area contributed by atoms with Gasteiger partial charge >= 0.3 is 0 Å². The number of benzene rings is 1. The molecule has 1 aromatic heterocycles. The summed E-state index contributed by atoms with van der Waals surface area (Å²) in [7, 11) is 1.57. The largest absolute Gasteiger partial charge is 0.385 e. The highest BCUT2D eigenvalue weighted by molar-refractivity contribution is 6.30. The normalized spacial score (nSPS) is 20.9. The van der Waals surface area contributed by atoms with Crippen molar-refractivity contribution in [2.75, 3.05) is 20.2 Å². The van der Waals surface area contributed by atoms with Crippen LogP contribution in [0.5, 0.6) is 0 Å². The number of likely N-dealkylation sites (tertiary alicyclic amines) is 1. The Bertz CT molecular complexity index is 1020. The molecular weight excluding hydrogens is 430 g/mol. The van der Waals surface area contributed by atoms with Crippen LogP contribution in [0.25, 0.3) is 0 Å². The number of piperidine rings is 1. The standard InChI is InChI=1S/C24H28ClN3O4/c1-15(29)27-10-8-16(9-11-27)24(2,31)17-4-7-20-21(12-17)22(30)28(23(20)32-3)14-19-6-5-18(25)13-26-19/h4-7,12-13,16,23,31H,8-11,14H2,1-3H3. The topological polar surface area (TPSA) is 83.0 Å². The fraction of sp³-hybridized carbons (Fsp3) is 0.458. The predicted molar refractivity (Wildman–Crippen MR) is 120 cm³/mol. The summed E-state index contributed by atoms with van der Waals surface area (Å²) in [6, 6.07) is 9.06. The third kappa shape index (κ3) is 4.12. The monoisotopic (exact) mass is 457 g/mol. The maximum atomic E-state index is 13.3. The van der Waals surface area contributed by atoms with Gasteiger partial charge in [0.2, 0.25) is 5.91 Å². The van der Waals surface area contributed by atoms with Crippen molar-refractivity contribution in [1.29, 1.82) is 0 Å². The van der Waals surface area contributed by atoms with E-state index in [0.717, 1.165) is 5.56 Å². The summed E-state index contributed by atoms with van der Waals surface area (Å²) in [5.74, 6) is -0.0972. The van der Waals surface area contributed by atoms with Crippen molar-refractivity contribution in [3.8, 4) is 0 Å². The van der Waals surface area contributed by atoms with Gasteiger partial charge in [0, 0.05) is 44.4 Å². The average Bonchev–Trinajstić information content (AvgIpc) is 3.05. The molecule has 170 valence electrons. The number of carbonyl (C=O) groups is 2. The Morgan fingerprint density at radius 2 is 2.00 bits per heavy atom. The second-order valence-electron chi connectivity index (χ2n) is 8.72. The summed E-state index contributed by atoms with van der Waals surface area (Å²) in [5, 5.41) is 12.0. The van der Waals surface area contributed by atoms with Crippen molar-refractivity contribution in [3.63, 3.8) is 0 Å². The van der Waals surface area contributed by atoms with E-state index in [0.29, 0.717) is 54.3 Å². The summed E-state index contributed by atoms with van der Waals surface area (Å²) >= 11 is 5.92. The number of aromatic nitrogens is 1. The molecule has 1 fully saturated rings. The lowest BCUT2D eigenvalue weighted by molar-refractivity contribution is -0.132. The molecule has 0 aliphatic carbocycles. The zero-order chi connectivity index (χ0) is 23.0. The molecule has 3 heterocycles. The third-order valence-electron chi connectivity index (χ3n) is 6.76. The molecule has 2 aliphatic rings. The summed E-state index contributed by atoms with van der Waals surface area (Å²) < 4.78 is 5.64.